The third-order valence-corrected chi connectivity index (χ3v) is 4.02. The molecule has 5 nitrogen and oxygen atoms in total. The summed E-state index contributed by atoms with van der Waals surface area (Å²) in [4.78, 5) is 10.9. The van der Waals surface area contributed by atoms with Crippen LogP contribution in [0.25, 0.3) is 0 Å². The molecule has 0 saturated carbocycles. The number of ether oxygens (including phenoxy) is 1. The summed E-state index contributed by atoms with van der Waals surface area (Å²) in [5, 5.41) is 3.42. The molecule has 0 spiro atoms. The average molecular weight is 298 g/mol. The van der Waals surface area contributed by atoms with Crippen LogP contribution in [-0.2, 0) is 6.54 Å². The van der Waals surface area contributed by atoms with E-state index >= 15 is 0 Å². The van der Waals surface area contributed by atoms with E-state index in [-0.39, 0.29) is 0 Å². The Morgan fingerprint density at radius 1 is 1.27 bits per heavy atom. The topological polar surface area (TPSA) is 50.3 Å². The number of hydrogen-bond acceptors (Lipinski definition) is 5. The molecule has 116 valence electrons. The second-order valence-electron chi connectivity index (χ2n) is 5.69. The molecule has 2 aromatic heterocycles. The monoisotopic (exact) mass is 298 g/mol. The van der Waals surface area contributed by atoms with Gasteiger partial charge in [-0.2, -0.15) is 0 Å². The summed E-state index contributed by atoms with van der Waals surface area (Å²) in [6.45, 7) is 4.19. The quantitative estimate of drug-likeness (QED) is 0.887. The molecule has 0 aliphatic carbocycles. The second kappa shape index (κ2) is 7.22. The van der Waals surface area contributed by atoms with Crippen LogP contribution in [-0.4, -0.2) is 41.6 Å². The number of anilines is 1. The van der Waals surface area contributed by atoms with E-state index in [1.54, 1.807) is 7.11 Å². The van der Waals surface area contributed by atoms with E-state index in [0.717, 1.165) is 32.0 Å². The van der Waals surface area contributed by atoms with Gasteiger partial charge in [-0.15, -0.1) is 0 Å². The zero-order valence-electron chi connectivity index (χ0n) is 12.9. The second-order valence-corrected chi connectivity index (χ2v) is 5.69. The number of methoxy groups -OCH3 is 1. The van der Waals surface area contributed by atoms with Crippen molar-refractivity contribution in [1.29, 1.82) is 0 Å². The van der Waals surface area contributed by atoms with Gasteiger partial charge < -0.3 is 10.1 Å². The Bertz CT molecular complexity index is 590. The van der Waals surface area contributed by atoms with Gasteiger partial charge in [-0.05, 0) is 42.6 Å². The molecule has 1 aliphatic heterocycles. The Labute approximate surface area is 131 Å². The number of likely N-dealkylation sites (tertiary alicyclic amines) is 1. The summed E-state index contributed by atoms with van der Waals surface area (Å²) < 4.78 is 5.18. The number of aromatic nitrogens is 2. The van der Waals surface area contributed by atoms with E-state index < -0.39 is 0 Å². The molecule has 1 N–H and O–H groups in total. The fourth-order valence-electron chi connectivity index (χ4n) is 2.86. The fraction of sp³-hybridized carbons (Fsp3) is 0.412. The van der Waals surface area contributed by atoms with Gasteiger partial charge in [-0.3, -0.25) is 4.90 Å². The van der Waals surface area contributed by atoms with Crippen molar-refractivity contribution in [2.24, 2.45) is 5.92 Å². The minimum Gasteiger partial charge on any atom is -0.481 e. The molecule has 1 fully saturated rings. The Kier molecular flexibility index (Phi) is 4.85. The van der Waals surface area contributed by atoms with Crippen LogP contribution in [0.15, 0.2) is 42.7 Å². The zero-order valence-corrected chi connectivity index (χ0v) is 12.9. The normalized spacial score (nSPS) is 18.3. The molecule has 1 unspecified atom stereocenters. The largest absolute Gasteiger partial charge is 0.481 e. The summed E-state index contributed by atoms with van der Waals surface area (Å²) >= 11 is 0. The molecule has 2 aromatic rings. The molecular formula is C17H22N4O. The molecule has 1 atom stereocenters. The highest BCUT2D eigenvalue weighted by molar-refractivity contribution is 5.33. The minimum absolute atomic E-state index is 0.672. The SMILES string of the molecule is COc1cc(CN2CCC(CNc3ccccn3)C2)ccn1. The van der Waals surface area contributed by atoms with Crippen LogP contribution in [0.5, 0.6) is 5.88 Å². The third kappa shape index (κ3) is 3.95. The van der Waals surface area contributed by atoms with Crippen molar-refractivity contribution in [1.82, 2.24) is 14.9 Å². The molecule has 0 amide bonds. The van der Waals surface area contributed by atoms with Crippen LogP contribution in [0, 0.1) is 5.92 Å². The molecule has 0 bridgehead atoms. The van der Waals surface area contributed by atoms with Crippen LogP contribution >= 0.6 is 0 Å². The summed E-state index contributed by atoms with van der Waals surface area (Å²) in [7, 11) is 1.65. The van der Waals surface area contributed by atoms with E-state index in [9.17, 15) is 0 Å². The first-order valence-electron chi connectivity index (χ1n) is 7.69. The van der Waals surface area contributed by atoms with E-state index in [4.69, 9.17) is 4.74 Å². The third-order valence-electron chi connectivity index (χ3n) is 4.02. The van der Waals surface area contributed by atoms with E-state index in [1.165, 1.54) is 12.0 Å². The van der Waals surface area contributed by atoms with Crippen molar-refractivity contribution in [2.75, 3.05) is 32.1 Å². The number of rotatable bonds is 6. The van der Waals surface area contributed by atoms with Crippen LogP contribution in [0.2, 0.25) is 0 Å². The first-order chi connectivity index (χ1) is 10.8. The standard InChI is InChI=1S/C17H22N4O/c1-22-17-10-14(5-8-19-17)12-21-9-6-15(13-21)11-20-16-4-2-3-7-18-16/h2-5,7-8,10,15H,6,9,11-13H2,1H3,(H,18,20). The predicted molar refractivity (Wildman–Crippen MR) is 86.9 cm³/mol. The van der Waals surface area contributed by atoms with Crippen molar-refractivity contribution in [3.8, 4) is 5.88 Å². The van der Waals surface area contributed by atoms with Crippen LogP contribution < -0.4 is 10.1 Å². The molecule has 3 heterocycles. The Balaban J connectivity index is 1.47. The maximum absolute atomic E-state index is 5.18. The Morgan fingerprint density at radius 2 is 2.23 bits per heavy atom. The van der Waals surface area contributed by atoms with Gasteiger partial charge in [0.1, 0.15) is 5.82 Å². The fourth-order valence-corrected chi connectivity index (χ4v) is 2.86. The van der Waals surface area contributed by atoms with Gasteiger partial charge in [0.2, 0.25) is 5.88 Å². The summed E-state index contributed by atoms with van der Waals surface area (Å²) in [5.41, 5.74) is 1.25. The molecule has 3 rings (SSSR count). The molecule has 0 aromatic carbocycles. The molecule has 1 saturated heterocycles. The van der Waals surface area contributed by atoms with E-state index in [0.29, 0.717) is 11.8 Å². The highest BCUT2D eigenvalue weighted by atomic mass is 16.5. The summed E-state index contributed by atoms with van der Waals surface area (Å²) in [6.07, 6.45) is 4.85. The Morgan fingerprint density at radius 3 is 3.05 bits per heavy atom. The van der Waals surface area contributed by atoms with Crippen LogP contribution in [0.4, 0.5) is 5.82 Å². The van der Waals surface area contributed by atoms with Crippen molar-refractivity contribution < 1.29 is 4.74 Å². The highest BCUT2D eigenvalue weighted by Crippen LogP contribution is 2.20. The summed E-state index contributed by atoms with van der Waals surface area (Å²) in [5.74, 6) is 2.32. The molecule has 1 aliphatic rings. The lowest BCUT2D eigenvalue weighted by atomic mass is 10.1. The predicted octanol–water partition coefficient (Wildman–Crippen LogP) is 2.42. The number of pyridine rings is 2. The summed E-state index contributed by atoms with van der Waals surface area (Å²) in [6, 6.07) is 10.0. The first kappa shape index (κ1) is 14.8. The van der Waals surface area contributed by atoms with Gasteiger partial charge in [0.05, 0.1) is 7.11 Å². The molecule has 22 heavy (non-hydrogen) atoms. The lowest BCUT2D eigenvalue weighted by Crippen LogP contribution is -2.22. The number of nitrogens with one attached hydrogen (secondary N) is 1. The van der Waals surface area contributed by atoms with Gasteiger partial charge >= 0.3 is 0 Å². The number of hydrogen-bond donors (Lipinski definition) is 1. The smallest absolute Gasteiger partial charge is 0.213 e. The lowest BCUT2D eigenvalue weighted by Gasteiger charge is -2.16. The Hall–Kier alpha value is -2.14. The zero-order chi connectivity index (χ0) is 15.2. The highest BCUT2D eigenvalue weighted by Gasteiger charge is 2.22. The lowest BCUT2D eigenvalue weighted by molar-refractivity contribution is 0.317. The number of nitrogens with zero attached hydrogens (tertiary/aromatic N) is 3. The van der Waals surface area contributed by atoms with Gasteiger partial charge in [0, 0.05) is 38.1 Å². The maximum Gasteiger partial charge on any atom is 0.213 e. The van der Waals surface area contributed by atoms with Gasteiger partial charge in [-0.25, -0.2) is 9.97 Å². The van der Waals surface area contributed by atoms with Gasteiger partial charge in [0.25, 0.3) is 0 Å². The van der Waals surface area contributed by atoms with Gasteiger partial charge in [-0.1, -0.05) is 6.07 Å². The van der Waals surface area contributed by atoms with E-state index in [1.807, 2.05) is 36.7 Å². The maximum atomic E-state index is 5.18. The molecular weight excluding hydrogens is 276 g/mol. The first-order valence-corrected chi connectivity index (χ1v) is 7.69. The molecule has 0 radical (unpaired) electrons. The van der Waals surface area contributed by atoms with Crippen molar-refractivity contribution in [3.63, 3.8) is 0 Å². The van der Waals surface area contributed by atoms with Crippen molar-refractivity contribution in [3.05, 3.63) is 48.3 Å². The van der Waals surface area contributed by atoms with Crippen LogP contribution in [0.1, 0.15) is 12.0 Å². The van der Waals surface area contributed by atoms with Gasteiger partial charge in [0.15, 0.2) is 0 Å². The van der Waals surface area contributed by atoms with E-state index in [2.05, 4.69) is 26.3 Å². The molecule has 5 heteroatoms. The average Bonchev–Trinajstić information content (AvgIpc) is 3.01. The van der Waals surface area contributed by atoms with Crippen molar-refractivity contribution in [2.45, 2.75) is 13.0 Å². The van der Waals surface area contributed by atoms with Crippen molar-refractivity contribution >= 4 is 5.82 Å². The minimum atomic E-state index is 0.672. The van der Waals surface area contributed by atoms with Crippen LogP contribution in [0.3, 0.4) is 0 Å².